The van der Waals surface area contributed by atoms with Gasteiger partial charge in [0.2, 0.25) is 0 Å². The minimum Gasteiger partial charge on any atom is -0.462 e. The van der Waals surface area contributed by atoms with Gasteiger partial charge in [0.25, 0.3) is 0 Å². The maximum absolute atomic E-state index is 10.6. The lowest BCUT2D eigenvalue weighted by molar-refractivity contribution is -0.142. The van der Waals surface area contributed by atoms with Crippen LogP contribution in [0.3, 0.4) is 0 Å². The summed E-state index contributed by atoms with van der Waals surface area (Å²) in [6.45, 7) is 1.46. The molecule has 2 nitrogen and oxygen atoms in total. The van der Waals surface area contributed by atoms with Crippen LogP contribution in [0.25, 0.3) is 0 Å². The molecule has 0 bridgehead atoms. The molecule has 1 saturated carbocycles. The van der Waals surface area contributed by atoms with Crippen LogP contribution >= 0.6 is 0 Å². The molecular weight excluding hydrogens is 164 g/mol. The third kappa shape index (κ3) is 1.89. The van der Waals surface area contributed by atoms with Crippen LogP contribution in [0.1, 0.15) is 24.8 Å². The predicted molar refractivity (Wildman–Crippen MR) is 49.4 cm³/mol. The maximum atomic E-state index is 10.6. The third-order valence-corrected chi connectivity index (χ3v) is 2.28. The molecule has 0 aliphatic heterocycles. The molecule has 1 aliphatic carbocycles. The van der Waals surface area contributed by atoms with Crippen LogP contribution in [0.15, 0.2) is 30.3 Å². The van der Waals surface area contributed by atoms with E-state index in [0.717, 1.165) is 6.42 Å². The van der Waals surface area contributed by atoms with Crippen LogP contribution in [0, 0.1) is 0 Å². The SMILES string of the molecule is CC(=O)O[C@@H]1C[C@H]1c1ccccc1. The summed E-state index contributed by atoms with van der Waals surface area (Å²) in [4.78, 5) is 10.6. The fourth-order valence-electron chi connectivity index (χ4n) is 1.57. The Hall–Kier alpha value is -1.31. The van der Waals surface area contributed by atoms with Gasteiger partial charge in [-0.15, -0.1) is 0 Å². The zero-order valence-corrected chi connectivity index (χ0v) is 7.57. The van der Waals surface area contributed by atoms with Crippen LogP contribution in [0.4, 0.5) is 0 Å². The zero-order chi connectivity index (χ0) is 9.26. The summed E-state index contributed by atoms with van der Waals surface area (Å²) in [5, 5.41) is 0. The van der Waals surface area contributed by atoms with E-state index in [1.807, 2.05) is 18.2 Å². The van der Waals surface area contributed by atoms with Gasteiger partial charge in [-0.25, -0.2) is 0 Å². The normalized spacial score (nSPS) is 25.3. The highest BCUT2D eigenvalue weighted by Gasteiger charge is 2.41. The van der Waals surface area contributed by atoms with Crippen molar-refractivity contribution in [2.75, 3.05) is 0 Å². The molecule has 0 heterocycles. The summed E-state index contributed by atoms with van der Waals surface area (Å²) in [5.74, 6) is 0.258. The molecule has 0 radical (unpaired) electrons. The molecule has 13 heavy (non-hydrogen) atoms. The van der Waals surface area contributed by atoms with Crippen LogP contribution < -0.4 is 0 Å². The fourth-order valence-corrected chi connectivity index (χ4v) is 1.57. The standard InChI is InChI=1S/C11H12O2/c1-8(12)13-11-7-10(11)9-5-3-2-4-6-9/h2-6,10-11H,7H2,1H3/t10-,11+/m0/s1. The van der Waals surface area contributed by atoms with Gasteiger partial charge >= 0.3 is 5.97 Å². The number of carbonyl (C=O) groups is 1. The Balaban J connectivity index is 1.97. The van der Waals surface area contributed by atoms with E-state index >= 15 is 0 Å². The van der Waals surface area contributed by atoms with E-state index in [2.05, 4.69) is 12.1 Å². The Bertz CT molecular complexity index is 305. The Labute approximate surface area is 77.5 Å². The van der Waals surface area contributed by atoms with Gasteiger partial charge in [-0.3, -0.25) is 4.79 Å². The van der Waals surface area contributed by atoms with E-state index < -0.39 is 0 Å². The summed E-state index contributed by atoms with van der Waals surface area (Å²) >= 11 is 0. The van der Waals surface area contributed by atoms with Crippen LogP contribution in [0.5, 0.6) is 0 Å². The zero-order valence-electron chi connectivity index (χ0n) is 7.57. The van der Waals surface area contributed by atoms with Gasteiger partial charge in [-0.2, -0.15) is 0 Å². The molecule has 0 spiro atoms. The molecule has 1 aromatic rings. The molecule has 1 aliphatic rings. The fraction of sp³-hybridized carbons (Fsp3) is 0.364. The van der Waals surface area contributed by atoms with E-state index in [0.29, 0.717) is 5.92 Å². The Morgan fingerprint density at radius 2 is 2.08 bits per heavy atom. The average Bonchev–Trinajstić information content (AvgIpc) is 2.84. The van der Waals surface area contributed by atoms with Gasteiger partial charge in [0.1, 0.15) is 6.10 Å². The molecule has 2 rings (SSSR count). The largest absolute Gasteiger partial charge is 0.462 e. The van der Waals surface area contributed by atoms with Crippen molar-refractivity contribution >= 4 is 5.97 Å². The van der Waals surface area contributed by atoms with Crippen LogP contribution in [-0.2, 0) is 9.53 Å². The summed E-state index contributed by atoms with van der Waals surface area (Å²) in [6.07, 6.45) is 1.10. The van der Waals surface area contributed by atoms with Crippen molar-refractivity contribution in [1.29, 1.82) is 0 Å². The highest BCUT2D eigenvalue weighted by molar-refractivity contribution is 5.66. The number of ether oxygens (including phenoxy) is 1. The molecule has 0 N–H and O–H groups in total. The number of rotatable bonds is 2. The van der Waals surface area contributed by atoms with Crippen molar-refractivity contribution in [3.8, 4) is 0 Å². The van der Waals surface area contributed by atoms with E-state index in [4.69, 9.17) is 4.74 Å². The second-order valence-corrected chi connectivity index (χ2v) is 3.40. The van der Waals surface area contributed by atoms with Crippen molar-refractivity contribution in [1.82, 2.24) is 0 Å². The second-order valence-electron chi connectivity index (χ2n) is 3.40. The summed E-state index contributed by atoms with van der Waals surface area (Å²) < 4.78 is 5.09. The van der Waals surface area contributed by atoms with Crippen molar-refractivity contribution in [2.24, 2.45) is 0 Å². The first kappa shape index (κ1) is 8.30. The Kier molecular flexibility index (Phi) is 2.05. The highest BCUT2D eigenvalue weighted by Crippen LogP contribution is 2.43. The first-order chi connectivity index (χ1) is 6.27. The van der Waals surface area contributed by atoms with Crippen molar-refractivity contribution in [3.63, 3.8) is 0 Å². The van der Waals surface area contributed by atoms with Gasteiger partial charge < -0.3 is 4.74 Å². The minimum atomic E-state index is -0.177. The number of hydrogen-bond donors (Lipinski definition) is 0. The summed E-state index contributed by atoms with van der Waals surface area (Å²) in [6, 6.07) is 10.2. The minimum absolute atomic E-state index is 0.125. The number of benzene rings is 1. The van der Waals surface area contributed by atoms with Crippen molar-refractivity contribution in [2.45, 2.75) is 25.4 Å². The predicted octanol–water partition coefficient (Wildman–Crippen LogP) is 2.11. The lowest BCUT2D eigenvalue weighted by Crippen LogP contribution is -2.02. The van der Waals surface area contributed by atoms with Crippen molar-refractivity contribution in [3.05, 3.63) is 35.9 Å². The average molecular weight is 176 g/mol. The molecule has 0 aromatic heterocycles. The van der Waals surface area contributed by atoms with Gasteiger partial charge in [0.05, 0.1) is 0 Å². The quantitative estimate of drug-likeness (QED) is 0.645. The molecular formula is C11H12O2. The summed E-state index contributed by atoms with van der Waals surface area (Å²) in [7, 11) is 0. The summed E-state index contributed by atoms with van der Waals surface area (Å²) in [5.41, 5.74) is 1.27. The third-order valence-electron chi connectivity index (χ3n) is 2.28. The van der Waals surface area contributed by atoms with Gasteiger partial charge in [0, 0.05) is 12.8 Å². The smallest absolute Gasteiger partial charge is 0.302 e. The Morgan fingerprint density at radius 1 is 1.38 bits per heavy atom. The maximum Gasteiger partial charge on any atom is 0.302 e. The van der Waals surface area contributed by atoms with Crippen LogP contribution in [-0.4, -0.2) is 12.1 Å². The van der Waals surface area contributed by atoms with Gasteiger partial charge in [0.15, 0.2) is 0 Å². The number of hydrogen-bond acceptors (Lipinski definition) is 2. The monoisotopic (exact) mass is 176 g/mol. The number of esters is 1. The van der Waals surface area contributed by atoms with Gasteiger partial charge in [-0.1, -0.05) is 30.3 Å². The van der Waals surface area contributed by atoms with E-state index in [9.17, 15) is 4.79 Å². The first-order valence-corrected chi connectivity index (χ1v) is 4.49. The Morgan fingerprint density at radius 3 is 2.69 bits per heavy atom. The lowest BCUT2D eigenvalue weighted by Gasteiger charge is -2.00. The van der Waals surface area contributed by atoms with Crippen molar-refractivity contribution < 1.29 is 9.53 Å². The van der Waals surface area contributed by atoms with Crippen LogP contribution in [0.2, 0.25) is 0 Å². The second kappa shape index (κ2) is 3.21. The molecule has 2 atom stereocenters. The molecule has 0 unspecified atom stereocenters. The van der Waals surface area contributed by atoms with E-state index in [1.54, 1.807) is 0 Å². The topological polar surface area (TPSA) is 26.3 Å². The molecule has 0 amide bonds. The molecule has 0 saturated heterocycles. The van der Waals surface area contributed by atoms with Gasteiger partial charge in [-0.05, 0) is 12.0 Å². The van der Waals surface area contributed by atoms with E-state index in [1.165, 1.54) is 12.5 Å². The molecule has 1 fully saturated rings. The first-order valence-electron chi connectivity index (χ1n) is 4.49. The highest BCUT2D eigenvalue weighted by atomic mass is 16.5. The van der Waals surface area contributed by atoms with E-state index in [-0.39, 0.29) is 12.1 Å². The molecule has 2 heteroatoms. The molecule has 68 valence electrons. The number of carbonyl (C=O) groups excluding carboxylic acids is 1. The lowest BCUT2D eigenvalue weighted by atomic mass is 10.1. The molecule has 1 aromatic carbocycles.